The first-order chi connectivity index (χ1) is 12.1. The van der Waals surface area contributed by atoms with Gasteiger partial charge in [-0.3, -0.25) is 9.13 Å². The van der Waals surface area contributed by atoms with Crippen LogP contribution in [0.25, 0.3) is 11.0 Å². The molecule has 0 saturated carbocycles. The molecule has 0 fully saturated rings. The second kappa shape index (κ2) is 7.57. The van der Waals surface area contributed by atoms with Gasteiger partial charge < -0.3 is 9.84 Å². The maximum Gasteiger partial charge on any atom is 0.329 e. The van der Waals surface area contributed by atoms with Crippen LogP contribution in [0.15, 0.2) is 53.3 Å². The van der Waals surface area contributed by atoms with E-state index in [-0.39, 0.29) is 18.8 Å². The molecule has 0 aliphatic carbocycles. The van der Waals surface area contributed by atoms with E-state index >= 15 is 0 Å². The molecule has 5 nitrogen and oxygen atoms in total. The van der Waals surface area contributed by atoms with Crippen LogP contribution in [0.2, 0.25) is 0 Å². The summed E-state index contributed by atoms with van der Waals surface area (Å²) in [4.78, 5) is 12.7. The summed E-state index contributed by atoms with van der Waals surface area (Å²) in [6, 6.07) is 15.4. The molecule has 0 aliphatic heterocycles. The molecule has 3 rings (SSSR count). The Morgan fingerprint density at radius 1 is 1.08 bits per heavy atom. The standard InChI is InChI=1S/C20H24N2O3/c1-3-11-21-18-9-4-5-10-19(18)22(20(21)24)13-16(23)14-25-17-8-6-7-15(2)12-17/h4-10,12,16,23H,3,11,13-14H2,1-2H3. The first-order valence-corrected chi connectivity index (χ1v) is 8.65. The van der Waals surface area contributed by atoms with Crippen LogP contribution in [0.5, 0.6) is 5.75 Å². The third-order valence-electron chi connectivity index (χ3n) is 4.20. The third-order valence-corrected chi connectivity index (χ3v) is 4.20. The number of para-hydroxylation sites is 2. The quantitative estimate of drug-likeness (QED) is 0.719. The fourth-order valence-corrected chi connectivity index (χ4v) is 3.05. The molecule has 1 heterocycles. The predicted octanol–water partition coefficient (Wildman–Crippen LogP) is 2.96. The van der Waals surface area contributed by atoms with Gasteiger partial charge in [0.25, 0.3) is 0 Å². The van der Waals surface area contributed by atoms with E-state index in [1.54, 1.807) is 9.13 Å². The average molecular weight is 340 g/mol. The van der Waals surface area contributed by atoms with Gasteiger partial charge in [0, 0.05) is 6.54 Å². The molecule has 1 N–H and O–H groups in total. The van der Waals surface area contributed by atoms with Crippen LogP contribution in [-0.4, -0.2) is 27.0 Å². The first-order valence-electron chi connectivity index (χ1n) is 8.65. The van der Waals surface area contributed by atoms with Gasteiger partial charge in [0.05, 0.1) is 17.6 Å². The minimum Gasteiger partial charge on any atom is -0.491 e. The number of ether oxygens (including phenoxy) is 1. The molecule has 0 saturated heterocycles. The maximum absolute atomic E-state index is 12.7. The zero-order valence-electron chi connectivity index (χ0n) is 14.7. The van der Waals surface area contributed by atoms with E-state index < -0.39 is 6.10 Å². The van der Waals surface area contributed by atoms with Crippen LogP contribution in [0.4, 0.5) is 0 Å². The van der Waals surface area contributed by atoms with Crippen molar-refractivity contribution in [1.82, 2.24) is 9.13 Å². The lowest BCUT2D eigenvalue weighted by Crippen LogP contribution is -2.31. The Balaban J connectivity index is 1.78. The van der Waals surface area contributed by atoms with E-state index in [9.17, 15) is 9.90 Å². The lowest BCUT2D eigenvalue weighted by molar-refractivity contribution is 0.0924. The number of aryl methyl sites for hydroxylation is 2. The molecule has 25 heavy (non-hydrogen) atoms. The summed E-state index contributed by atoms with van der Waals surface area (Å²) in [5, 5.41) is 10.4. The smallest absolute Gasteiger partial charge is 0.329 e. The number of aliphatic hydroxyl groups excluding tert-OH is 1. The summed E-state index contributed by atoms with van der Waals surface area (Å²) < 4.78 is 9.06. The summed E-state index contributed by atoms with van der Waals surface area (Å²) in [5.74, 6) is 0.722. The minimum absolute atomic E-state index is 0.0855. The van der Waals surface area contributed by atoms with Gasteiger partial charge in [0.15, 0.2) is 0 Å². The van der Waals surface area contributed by atoms with Gasteiger partial charge in [-0.05, 0) is 43.2 Å². The number of rotatable bonds is 7. The number of fused-ring (bicyclic) bond motifs is 1. The summed E-state index contributed by atoms with van der Waals surface area (Å²) in [6.45, 7) is 5.06. The predicted molar refractivity (Wildman–Crippen MR) is 99.2 cm³/mol. The maximum atomic E-state index is 12.7. The van der Waals surface area contributed by atoms with Crippen molar-refractivity contribution in [3.8, 4) is 5.75 Å². The second-order valence-corrected chi connectivity index (χ2v) is 6.31. The molecule has 0 aliphatic rings. The summed E-state index contributed by atoms with van der Waals surface area (Å²) in [5.41, 5.74) is 2.76. The number of hydrogen-bond acceptors (Lipinski definition) is 3. The summed E-state index contributed by atoms with van der Waals surface area (Å²) in [7, 11) is 0. The summed E-state index contributed by atoms with van der Waals surface area (Å²) in [6.07, 6.45) is 0.117. The van der Waals surface area contributed by atoms with Crippen molar-refractivity contribution in [3.63, 3.8) is 0 Å². The molecule has 0 amide bonds. The number of aromatic nitrogens is 2. The van der Waals surface area contributed by atoms with Gasteiger partial charge in [-0.2, -0.15) is 0 Å². The molecule has 0 spiro atoms. The molecule has 2 aromatic carbocycles. The number of hydrogen-bond donors (Lipinski definition) is 1. The van der Waals surface area contributed by atoms with E-state index in [0.717, 1.165) is 28.8 Å². The first kappa shape index (κ1) is 17.3. The Labute approximate surface area is 147 Å². The molecule has 1 aromatic heterocycles. The number of aliphatic hydroxyl groups is 1. The van der Waals surface area contributed by atoms with Crippen LogP contribution in [0.1, 0.15) is 18.9 Å². The van der Waals surface area contributed by atoms with E-state index in [4.69, 9.17) is 4.74 Å². The van der Waals surface area contributed by atoms with Gasteiger partial charge in [0.2, 0.25) is 0 Å². The molecule has 3 aromatic rings. The number of nitrogens with zero attached hydrogens (tertiary/aromatic N) is 2. The Morgan fingerprint density at radius 2 is 1.80 bits per heavy atom. The molecule has 132 valence electrons. The van der Waals surface area contributed by atoms with Crippen molar-refractivity contribution in [2.45, 2.75) is 39.5 Å². The van der Waals surface area contributed by atoms with Crippen molar-refractivity contribution in [2.24, 2.45) is 0 Å². The lowest BCUT2D eigenvalue weighted by atomic mass is 10.2. The molecule has 5 heteroatoms. The van der Waals surface area contributed by atoms with Gasteiger partial charge in [-0.1, -0.05) is 31.2 Å². The SMILES string of the molecule is CCCn1c(=O)n(CC(O)COc2cccc(C)c2)c2ccccc21. The van der Waals surface area contributed by atoms with E-state index in [0.29, 0.717) is 6.54 Å². The number of imidazole rings is 1. The highest BCUT2D eigenvalue weighted by atomic mass is 16.5. The number of benzene rings is 2. The highest BCUT2D eigenvalue weighted by molar-refractivity contribution is 5.76. The van der Waals surface area contributed by atoms with Crippen LogP contribution < -0.4 is 10.4 Å². The normalized spacial score (nSPS) is 12.4. The molecule has 0 bridgehead atoms. The molecule has 1 atom stereocenters. The van der Waals surface area contributed by atoms with Crippen molar-refractivity contribution in [1.29, 1.82) is 0 Å². The molecule has 0 radical (unpaired) electrons. The van der Waals surface area contributed by atoms with Crippen molar-refractivity contribution < 1.29 is 9.84 Å². The van der Waals surface area contributed by atoms with Gasteiger partial charge >= 0.3 is 5.69 Å². The van der Waals surface area contributed by atoms with E-state index in [1.807, 2.05) is 62.4 Å². The average Bonchev–Trinajstić information content (AvgIpc) is 2.86. The largest absolute Gasteiger partial charge is 0.491 e. The van der Waals surface area contributed by atoms with E-state index in [1.165, 1.54) is 0 Å². The molecular formula is C20H24N2O3. The third kappa shape index (κ3) is 3.77. The van der Waals surface area contributed by atoms with Gasteiger partial charge in [0.1, 0.15) is 18.5 Å². The van der Waals surface area contributed by atoms with Crippen molar-refractivity contribution in [3.05, 3.63) is 64.6 Å². The highest BCUT2D eigenvalue weighted by Crippen LogP contribution is 2.15. The van der Waals surface area contributed by atoms with Crippen molar-refractivity contribution in [2.75, 3.05) is 6.61 Å². The zero-order chi connectivity index (χ0) is 17.8. The summed E-state index contributed by atoms with van der Waals surface area (Å²) >= 11 is 0. The van der Waals surface area contributed by atoms with Crippen molar-refractivity contribution >= 4 is 11.0 Å². The lowest BCUT2D eigenvalue weighted by Gasteiger charge is -2.13. The fourth-order valence-electron chi connectivity index (χ4n) is 3.05. The molecular weight excluding hydrogens is 316 g/mol. The fraction of sp³-hybridized carbons (Fsp3) is 0.350. The second-order valence-electron chi connectivity index (χ2n) is 6.31. The Bertz CT molecular complexity index is 911. The van der Waals surface area contributed by atoms with Crippen LogP contribution in [0, 0.1) is 6.92 Å². The van der Waals surface area contributed by atoms with Crippen LogP contribution >= 0.6 is 0 Å². The topological polar surface area (TPSA) is 56.4 Å². The monoisotopic (exact) mass is 340 g/mol. The Hall–Kier alpha value is -2.53. The van der Waals surface area contributed by atoms with Gasteiger partial charge in [-0.15, -0.1) is 0 Å². The van der Waals surface area contributed by atoms with Gasteiger partial charge in [-0.25, -0.2) is 4.79 Å². The molecule has 1 unspecified atom stereocenters. The Kier molecular flexibility index (Phi) is 5.24. The van der Waals surface area contributed by atoms with Crippen LogP contribution in [0.3, 0.4) is 0 Å². The Morgan fingerprint density at radius 3 is 2.48 bits per heavy atom. The minimum atomic E-state index is -0.765. The van der Waals surface area contributed by atoms with Crippen LogP contribution in [-0.2, 0) is 13.1 Å². The van der Waals surface area contributed by atoms with E-state index in [2.05, 4.69) is 0 Å². The highest BCUT2D eigenvalue weighted by Gasteiger charge is 2.15. The zero-order valence-corrected chi connectivity index (χ0v) is 14.7.